The number of nitrogens with zero attached hydrogens (tertiary/aromatic N) is 1. The molecule has 0 aromatic heterocycles. The molecule has 0 spiro atoms. The second kappa shape index (κ2) is 5.85. The molecule has 0 unspecified atom stereocenters. The number of rotatable bonds is 5. The smallest absolute Gasteiger partial charge is 0.226 e. The van der Waals surface area contributed by atoms with Crippen LogP contribution in [-0.4, -0.2) is 29.1 Å². The molecule has 1 amide bonds. The number of amides is 1. The Balaban J connectivity index is 2.04. The van der Waals surface area contributed by atoms with Gasteiger partial charge in [0.2, 0.25) is 5.91 Å². The summed E-state index contributed by atoms with van der Waals surface area (Å²) in [5.41, 5.74) is 1.08. The van der Waals surface area contributed by atoms with Gasteiger partial charge in [-0.1, -0.05) is 35.0 Å². The lowest BCUT2D eigenvalue weighted by Crippen LogP contribution is -2.34. The van der Waals surface area contributed by atoms with Gasteiger partial charge in [-0.3, -0.25) is 4.79 Å². The van der Waals surface area contributed by atoms with Crippen LogP contribution in [0.3, 0.4) is 0 Å². The maximum absolute atomic E-state index is 12.2. The molecule has 18 heavy (non-hydrogen) atoms. The molecule has 2 rings (SSSR count). The van der Waals surface area contributed by atoms with Crippen LogP contribution in [0.4, 0.5) is 0 Å². The van der Waals surface area contributed by atoms with Crippen molar-refractivity contribution in [1.29, 1.82) is 0 Å². The first-order chi connectivity index (χ1) is 8.61. The Morgan fingerprint density at radius 2 is 2.28 bits per heavy atom. The molecule has 4 heteroatoms. The first-order valence-electron chi connectivity index (χ1n) is 6.26. The standard InChI is InChI=1S/C14H18BrNO2/c1-10-7-13(10)14(18)16(5-6-17)9-11-3-2-4-12(15)8-11/h2-4,8,10,13,17H,5-7,9H2,1H3/t10-,13-/m0/s1. The van der Waals surface area contributed by atoms with Gasteiger partial charge in [0.15, 0.2) is 0 Å². The SMILES string of the molecule is C[C@H]1C[C@@H]1C(=O)N(CCO)Cc1cccc(Br)c1. The summed E-state index contributed by atoms with van der Waals surface area (Å²) in [7, 11) is 0. The number of hydrogen-bond donors (Lipinski definition) is 1. The maximum Gasteiger partial charge on any atom is 0.226 e. The van der Waals surface area contributed by atoms with Crippen molar-refractivity contribution in [2.24, 2.45) is 11.8 Å². The Hall–Kier alpha value is -0.870. The van der Waals surface area contributed by atoms with Crippen LogP contribution in [-0.2, 0) is 11.3 Å². The summed E-state index contributed by atoms with van der Waals surface area (Å²) in [6.07, 6.45) is 0.985. The molecule has 1 aromatic rings. The van der Waals surface area contributed by atoms with Crippen molar-refractivity contribution in [3.8, 4) is 0 Å². The highest BCUT2D eigenvalue weighted by Gasteiger charge is 2.41. The van der Waals surface area contributed by atoms with Crippen molar-refractivity contribution in [3.63, 3.8) is 0 Å². The molecule has 1 saturated carbocycles. The summed E-state index contributed by atoms with van der Waals surface area (Å²) in [4.78, 5) is 14.0. The Bertz CT molecular complexity index is 436. The van der Waals surface area contributed by atoms with E-state index in [9.17, 15) is 4.79 Å². The molecule has 1 fully saturated rings. The van der Waals surface area contributed by atoms with Gasteiger partial charge in [0.1, 0.15) is 0 Å². The first-order valence-corrected chi connectivity index (χ1v) is 7.05. The van der Waals surface area contributed by atoms with Gasteiger partial charge in [-0.2, -0.15) is 0 Å². The van der Waals surface area contributed by atoms with E-state index < -0.39 is 0 Å². The third-order valence-electron chi connectivity index (χ3n) is 3.37. The lowest BCUT2D eigenvalue weighted by atomic mass is 10.2. The van der Waals surface area contributed by atoms with Crippen molar-refractivity contribution in [1.82, 2.24) is 4.90 Å². The fraction of sp³-hybridized carbons (Fsp3) is 0.500. The molecule has 0 saturated heterocycles. The van der Waals surface area contributed by atoms with Gasteiger partial charge in [-0.05, 0) is 30.0 Å². The van der Waals surface area contributed by atoms with E-state index in [-0.39, 0.29) is 18.4 Å². The van der Waals surface area contributed by atoms with Crippen LogP contribution in [0, 0.1) is 11.8 Å². The molecule has 98 valence electrons. The van der Waals surface area contributed by atoms with E-state index >= 15 is 0 Å². The predicted molar refractivity (Wildman–Crippen MR) is 73.9 cm³/mol. The molecule has 2 atom stereocenters. The lowest BCUT2D eigenvalue weighted by Gasteiger charge is -2.22. The number of halogens is 1. The minimum atomic E-state index is 0.0147. The third kappa shape index (κ3) is 3.33. The maximum atomic E-state index is 12.2. The highest BCUT2D eigenvalue weighted by atomic mass is 79.9. The zero-order chi connectivity index (χ0) is 13.1. The number of carbonyl (C=O) groups excluding carboxylic acids is 1. The zero-order valence-corrected chi connectivity index (χ0v) is 12.1. The van der Waals surface area contributed by atoms with Crippen molar-refractivity contribution in [2.75, 3.05) is 13.2 Å². The zero-order valence-electron chi connectivity index (χ0n) is 10.5. The average Bonchev–Trinajstić information content (AvgIpc) is 3.05. The van der Waals surface area contributed by atoms with E-state index in [0.29, 0.717) is 19.0 Å². The molecule has 1 aliphatic carbocycles. The Morgan fingerprint density at radius 1 is 1.56 bits per heavy atom. The van der Waals surface area contributed by atoms with Crippen LogP contribution in [0.15, 0.2) is 28.7 Å². The number of aliphatic hydroxyl groups excluding tert-OH is 1. The van der Waals surface area contributed by atoms with Gasteiger partial charge in [0, 0.05) is 23.5 Å². The minimum absolute atomic E-state index is 0.0147. The quantitative estimate of drug-likeness (QED) is 0.907. The average molecular weight is 312 g/mol. The largest absolute Gasteiger partial charge is 0.395 e. The van der Waals surface area contributed by atoms with Gasteiger partial charge in [0.25, 0.3) is 0 Å². The van der Waals surface area contributed by atoms with Gasteiger partial charge in [-0.15, -0.1) is 0 Å². The summed E-state index contributed by atoms with van der Waals surface area (Å²) < 4.78 is 1.01. The summed E-state index contributed by atoms with van der Waals surface area (Å²) in [6, 6.07) is 7.93. The minimum Gasteiger partial charge on any atom is -0.395 e. The van der Waals surface area contributed by atoms with Crippen LogP contribution >= 0.6 is 15.9 Å². The van der Waals surface area contributed by atoms with Gasteiger partial charge in [0.05, 0.1) is 6.61 Å². The predicted octanol–water partition coefficient (Wildman–Crippen LogP) is 2.43. The van der Waals surface area contributed by atoms with E-state index in [1.807, 2.05) is 24.3 Å². The second-order valence-electron chi connectivity index (χ2n) is 4.93. The summed E-state index contributed by atoms with van der Waals surface area (Å²) >= 11 is 3.43. The van der Waals surface area contributed by atoms with Gasteiger partial charge in [-0.25, -0.2) is 0 Å². The topological polar surface area (TPSA) is 40.5 Å². The van der Waals surface area contributed by atoms with E-state index in [2.05, 4.69) is 22.9 Å². The summed E-state index contributed by atoms with van der Waals surface area (Å²) in [5, 5.41) is 9.08. The van der Waals surface area contributed by atoms with Crippen LogP contribution in [0.1, 0.15) is 18.9 Å². The molecular formula is C14H18BrNO2. The molecule has 0 heterocycles. The molecule has 1 aliphatic rings. The van der Waals surface area contributed by atoms with Crippen LogP contribution in [0.5, 0.6) is 0 Å². The monoisotopic (exact) mass is 311 g/mol. The summed E-state index contributed by atoms with van der Waals surface area (Å²) in [5.74, 6) is 0.849. The Kier molecular flexibility index (Phi) is 4.40. The molecule has 1 aromatic carbocycles. The van der Waals surface area contributed by atoms with E-state index in [1.165, 1.54) is 0 Å². The fourth-order valence-electron chi connectivity index (χ4n) is 2.14. The van der Waals surface area contributed by atoms with Gasteiger partial charge >= 0.3 is 0 Å². The molecule has 0 radical (unpaired) electrons. The van der Waals surface area contributed by atoms with E-state index in [1.54, 1.807) is 4.90 Å². The number of aliphatic hydroxyl groups is 1. The number of benzene rings is 1. The second-order valence-corrected chi connectivity index (χ2v) is 5.85. The van der Waals surface area contributed by atoms with E-state index in [0.717, 1.165) is 16.5 Å². The van der Waals surface area contributed by atoms with Crippen LogP contribution in [0.2, 0.25) is 0 Å². The summed E-state index contributed by atoms with van der Waals surface area (Å²) in [6.45, 7) is 3.09. The normalized spacial score (nSPS) is 21.7. The Labute approximate surface area is 116 Å². The number of hydrogen-bond acceptors (Lipinski definition) is 2. The van der Waals surface area contributed by atoms with Crippen molar-refractivity contribution < 1.29 is 9.90 Å². The molecule has 1 N–H and O–H groups in total. The highest BCUT2D eigenvalue weighted by molar-refractivity contribution is 9.10. The van der Waals surface area contributed by atoms with E-state index in [4.69, 9.17) is 5.11 Å². The molecular weight excluding hydrogens is 294 g/mol. The fourth-order valence-corrected chi connectivity index (χ4v) is 2.59. The van der Waals surface area contributed by atoms with Crippen LogP contribution < -0.4 is 0 Å². The molecule has 0 bridgehead atoms. The van der Waals surface area contributed by atoms with Gasteiger partial charge < -0.3 is 10.0 Å². The Morgan fingerprint density at radius 3 is 2.83 bits per heavy atom. The lowest BCUT2D eigenvalue weighted by molar-refractivity contribution is -0.134. The van der Waals surface area contributed by atoms with Crippen LogP contribution in [0.25, 0.3) is 0 Å². The van der Waals surface area contributed by atoms with Crippen molar-refractivity contribution in [3.05, 3.63) is 34.3 Å². The number of carbonyl (C=O) groups is 1. The first kappa shape index (κ1) is 13.6. The molecule has 3 nitrogen and oxygen atoms in total. The molecule has 0 aliphatic heterocycles. The third-order valence-corrected chi connectivity index (χ3v) is 3.86. The van der Waals surface area contributed by atoms with Crippen molar-refractivity contribution >= 4 is 21.8 Å². The van der Waals surface area contributed by atoms with Crippen molar-refractivity contribution in [2.45, 2.75) is 19.9 Å². The highest BCUT2D eigenvalue weighted by Crippen LogP contribution is 2.39.